The molecule has 5 rings (SSSR count). The van der Waals surface area contributed by atoms with Crippen LogP contribution in [0.1, 0.15) is 80.5 Å². The summed E-state index contributed by atoms with van der Waals surface area (Å²) in [5.41, 5.74) is 0.673. The number of alkyl halides is 3. The third-order valence-corrected chi connectivity index (χ3v) is 8.27. The number of anilines is 2. The molecule has 12 heteroatoms. The summed E-state index contributed by atoms with van der Waals surface area (Å²) in [4.78, 5) is 39.3. The molecule has 240 valence electrons. The number of aromatic nitrogens is 3. The Bertz CT molecular complexity index is 1530. The number of methoxy groups -OCH3 is 1. The number of esters is 1. The fourth-order valence-corrected chi connectivity index (χ4v) is 5.80. The van der Waals surface area contributed by atoms with Gasteiger partial charge in [0.25, 0.3) is 0 Å². The Hall–Kier alpha value is -4.22. The number of carbonyl (C=O) groups is 2. The second-order valence-electron chi connectivity index (χ2n) is 12.6. The molecule has 0 radical (unpaired) electrons. The van der Waals surface area contributed by atoms with Gasteiger partial charge in [0, 0.05) is 30.9 Å². The molecule has 1 saturated heterocycles. The first-order valence-corrected chi connectivity index (χ1v) is 15.1. The minimum Gasteiger partial charge on any atom is -0.468 e. The minimum absolute atomic E-state index is 0.000506. The zero-order chi connectivity index (χ0) is 32.4. The van der Waals surface area contributed by atoms with Crippen molar-refractivity contribution >= 4 is 23.7 Å². The van der Waals surface area contributed by atoms with Crippen LogP contribution >= 0.6 is 0 Å². The Kier molecular flexibility index (Phi) is 9.04. The topological polar surface area (TPSA) is 107 Å². The molecule has 1 amide bonds. The SMILES string of the molecule is COC(=O)C1(c2ccccc2CCc2nc(Nc3ccc(C4CCN(C(=O)OC(C)(C)C)CC4)nc3)ncc2C(F)(F)F)CC1. The molecule has 3 heterocycles. The Balaban J connectivity index is 1.26. The summed E-state index contributed by atoms with van der Waals surface area (Å²) in [6, 6.07) is 11.0. The summed E-state index contributed by atoms with van der Waals surface area (Å²) in [7, 11) is 1.34. The molecule has 0 bridgehead atoms. The number of rotatable bonds is 8. The molecule has 3 aromatic rings. The number of halogens is 3. The van der Waals surface area contributed by atoms with E-state index in [0.29, 0.717) is 31.6 Å². The van der Waals surface area contributed by atoms with Crippen molar-refractivity contribution in [1.82, 2.24) is 19.9 Å². The van der Waals surface area contributed by atoms with Crippen molar-refractivity contribution in [2.45, 2.75) is 82.4 Å². The predicted octanol–water partition coefficient (Wildman–Crippen LogP) is 6.74. The van der Waals surface area contributed by atoms with Gasteiger partial charge in [-0.15, -0.1) is 0 Å². The third-order valence-electron chi connectivity index (χ3n) is 8.27. The Morgan fingerprint density at radius 3 is 2.31 bits per heavy atom. The number of benzene rings is 1. The zero-order valence-corrected chi connectivity index (χ0v) is 25.9. The van der Waals surface area contributed by atoms with Crippen molar-refractivity contribution in [1.29, 1.82) is 0 Å². The van der Waals surface area contributed by atoms with E-state index in [1.165, 1.54) is 7.11 Å². The van der Waals surface area contributed by atoms with Crippen LogP contribution in [0.4, 0.5) is 29.6 Å². The van der Waals surface area contributed by atoms with Gasteiger partial charge in [0.1, 0.15) is 5.60 Å². The standard InChI is InChI=1S/C33H38F3N5O4/c1-31(2,3)45-30(43)41-17-13-22(14-18-41)26-12-10-23(19-37-26)39-29-38-20-25(33(34,35)36)27(40-29)11-9-21-7-5-6-8-24(21)32(15-16-32)28(42)44-4/h5-8,10,12,19-20,22H,9,11,13-18H2,1-4H3,(H,38,39,40). The summed E-state index contributed by atoms with van der Waals surface area (Å²) >= 11 is 0. The van der Waals surface area contributed by atoms with Gasteiger partial charge < -0.3 is 19.7 Å². The van der Waals surface area contributed by atoms with E-state index >= 15 is 0 Å². The van der Waals surface area contributed by atoms with Gasteiger partial charge in [0.05, 0.1) is 35.7 Å². The van der Waals surface area contributed by atoms with Gasteiger partial charge in [-0.3, -0.25) is 9.78 Å². The normalized spacial score (nSPS) is 16.6. The van der Waals surface area contributed by atoms with Crippen molar-refractivity contribution in [2.75, 3.05) is 25.5 Å². The lowest BCUT2D eigenvalue weighted by atomic mass is 9.89. The summed E-state index contributed by atoms with van der Waals surface area (Å²) in [6.45, 7) is 6.65. The van der Waals surface area contributed by atoms with E-state index in [2.05, 4.69) is 20.3 Å². The Morgan fingerprint density at radius 2 is 1.71 bits per heavy atom. The summed E-state index contributed by atoms with van der Waals surface area (Å²) in [5, 5.41) is 2.98. The van der Waals surface area contributed by atoms with Crippen LogP contribution in [0.3, 0.4) is 0 Å². The van der Waals surface area contributed by atoms with Crippen molar-refractivity contribution in [3.05, 3.63) is 76.9 Å². The van der Waals surface area contributed by atoms with Gasteiger partial charge >= 0.3 is 18.2 Å². The molecule has 1 aromatic carbocycles. The minimum atomic E-state index is -4.63. The maximum absolute atomic E-state index is 13.9. The molecule has 2 fully saturated rings. The van der Waals surface area contributed by atoms with E-state index in [9.17, 15) is 22.8 Å². The quantitative estimate of drug-likeness (QED) is 0.275. The van der Waals surface area contributed by atoms with E-state index in [1.54, 1.807) is 17.2 Å². The van der Waals surface area contributed by atoms with Gasteiger partial charge in [-0.1, -0.05) is 24.3 Å². The number of hydrogen-bond acceptors (Lipinski definition) is 8. The first kappa shape index (κ1) is 32.2. The number of pyridine rings is 1. The number of ether oxygens (including phenoxy) is 2. The second kappa shape index (κ2) is 12.6. The van der Waals surface area contributed by atoms with Gasteiger partial charge in [0.2, 0.25) is 5.95 Å². The molecule has 1 aliphatic carbocycles. The number of carbonyl (C=O) groups excluding carboxylic acids is 2. The molecule has 2 aliphatic rings. The van der Waals surface area contributed by atoms with Crippen LogP contribution < -0.4 is 5.32 Å². The van der Waals surface area contributed by atoms with Crippen molar-refractivity contribution in [2.24, 2.45) is 0 Å². The molecule has 1 aliphatic heterocycles. The van der Waals surface area contributed by atoms with Crippen LogP contribution in [0.25, 0.3) is 0 Å². The summed E-state index contributed by atoms with van der Waals surface area (Å²) < 4.78 is 52.3. The van der Waals surface area contributed by atoms with Crippen LogP contribution in [0.5, 0.6) is 0 Å². The van der Waals surface area contributed by atoms with E-state index in [4.69, 9.17) is 9.47 Å². The monoisotopic (exact) mass is 625 g/mol. The van der Waals surface area contributed by atoms with Crippen LogP contribution in [-0.4, -0.2) is 57.7 Å². The van der Waals surface area contributed by atoms with Crippen LogP contribution in [0.15, 0.2) is 48.8 Å². The number of likely N-dealkylation sites (tertiary alicyclic amines) is 1. The largest absolute Gasteiger partial charge is 0.468 e. The van der Waals surface area contributed by atoms with Crippen LogP contribution in [-0.2, 0) is 38.7 Å². The average molecular weight is 626 g/mol. The average Bonchev–Trinajstić information content (AvgIpc) is 3.81. The summed E-state index contributed by atoms with van der Waals surface area (Å²) in [6.07, 6.45) is 0.497. The first-order valence-electron chi connectivity index (χ1n) is 15.1. The highest BCUT2D eigenvalue weighted by Gasteiger charge is 2.53. The molecule has 2 aromatic heterocycles. The van der Waals surface area contributed by atoms with E-state index in [0.717, 1.165) is 35.9 Å². The Labute approximate surface area is 260 Å². The highest BCUT2D eigenvalue weighted by atomic mass is 19.4. The molecule has 1 saturated carbocycles. The molecule has 9 nitrogen and oxygen atoms in total. The maximum atomic E-state index is 13.9. The number of aryl methyl sites for hydroxylation is 2. The van der Waals surface area contributed by atoms with Crippen LogP contribution in [0.2, 0.25) is 0 Å². The maximum Gasteiger partial charge on any atom is 0.419 e. The van der Waals surface area contributed by atoms with Gasteiger partial charge in [0.15, 0.2) is 0 Å². The molecule has 0 spiro atoms. The fourth-order valence-electron chi connectivity index (χ4n) is 5.80. The number of hydrogen-bond donors (Lipinski definition) is 1. The predicted molar refractivity (Wildman–Crippen MR) is 161 cm³/mol. The summed E-state index contributed by atoms with van der Waals surface area (Å²) in [5.74, 6) is -0.131. The highest BCUT2D eigenvalue weighted by molar-refractivity contribution is 5.87. The van der Waals surface area contributed by atoms with Crippen molar-refractivity contribution in [3.8, 4) is 0 Å². The fraction of sp³-hybridized carbons (Fsp3) is 0.485. The lowest BCUT2D eigenvalue weighted by Crippen LogP contribution is -2.41. The van der Waals surface area contributed by atoms with Crippen molar-refractivity contribution < 1.29 is 32.2 Å². The first-order chi connectivity index (χ1) is 21.3. The molecule has 0 atom stereocenters. The number of nitrogens with zero attached hydrogens (tertiary/aromatic N) is 4. The van der Waals surface area contributed by atoms with Crippen LogP contribution in [0, 0.1) is 0 Å². The molecular weight excluding hydrogens is 587 g/mol. The second-order valence-corrected chi connectivity index (χ2v) is 12.6. The van der Waals surface area contributed by atoms with Crippen molar-refractivity contribution in [3.63, 3.8) is 0 Å². The zero-order valence-electron chi connectivity index (χ0n) is 25.9. The highest BCUT2D eigenvalue weighted by Crippen LogP contribution is 2.50. The lowest BCUT2D eigenvalue weighted by Gasteiger charge is -2.33. The van der Waals surface area contributed by atoms with E-state index in [-0.39, 0.29) is 42.5 Å². The number of nitrogens with one attached hydrogen (secondary N) is 1. The van der Waals surface area contributed by atoms with Gasteiger partial charge in [-0.2, -0.15) is 13.2 Å². The van der Waals surface area contributed by atoms with Gasteiger partial charge in [-0.25, -0.2) is 14.8 Å². The molecule has 0 unspecified atom stereocenters. The van der Waals surface area contributed by atoms with E-state index in [1.807, 2.05) is 51.1 Å². The Morgan fingerprint density at radius 1 is 1.00 bits per heavy atom. The lowest BCUT2D eigenvalue weighted by molar-refractivity contribution is -0.143. The third kappa shape index (κ3) is 7.54. The molecular formula is C33H38F3N5O4. The molecule has 1 N–H and O–H groups in total. The molecule has 45 heavy (non-hydrogen) atoms. The smallest absolute Gasteiger partial charge is 0.419 e. The van der Waals surface area contributed by atoms with E-state index < -0.39 is 22.8 Å². The van der Waals surface area contributed by atoms with Gasteiger partial charge in [-0.05, 0) is 82.6 Å². The number of piperidine rings is 1. The number of amides is 1.